The van der Waals surface area contributed by atoms with Crippen molar-refractivity contribution < 1.29 is 43.8 Å². The Labute approximate surface area is 288 Å². The van der Waals surface area contributed by atoms with E-state index in [2.05, 4.69) is 6.08 Å². The quantitative estimate of drug-likeness (QED) is 0.0758. The Kier molecular flexibility index (Phi) is 9.94. The van der Waals surface area contributed by atoms with Crippen molar-refractivity contribution in [2.75, 3.05) is 14.2 Å². The number of ether oxygens (including phenoxy) is 3. The Hall–Kier alpha value is -6.16. The van der Waals surface area contributed by atoms with Crippen LogP contribution in [0.25, 0.3) is 28.2 Å². The van der Waals surface area contributed by atoms with Crippen LogP contribution in [0.5, 0.6) is 40.2 Å². The number of allylic oxidation sites excluding steroid dienone is 2. The van der Waals surface area contributed by atoms with Crippen LogP contribution in [0.3, 0.4) is 0 Å². The third kappa shape index (κ3) is 7.00. The van der Waals surface area contributed by atoms with E-state index in [1.165, 1.54) is 50.6 Å². The molecule has 6 rings (SSSR count). The molecular weight excluding hydrogens is 640 g/mol. The minimum atomic E-state index is -0.694. The largest absolute Gasteiger partial charge is 0.508 e. The molecule has 258 valence electrons. The summed E-state index contributed by atoms with van der Waals surface area (Å²) in [5.41, 5.74) is 2.13. The molecule has 0 amide bonds. The van der Waals surface area contributed by atoms with Crippen LogP contribution in [-0.2, 0) is 6.42 Å². The summed E-state index contributed by atoms with van der Waals surface area (Å²) in [6.07, 6.45) is 6.31. The Balaban J connectivity index is 0.000000228. The summed E-state index contributed by atoms with van der Waals surface area (Å²) in [5, 5.41) is 40.6. The average Bonchev–Trinajstić information content (AvgIpc) is 3.07. The molecule has 0 unspecified atom stereocenters. The Morgan fingerprint density at radius 1 is 0.880 bits per heavy atom. The molecule has 0 atom stereocenters. The molecule has 0 spiro atoms. The van der Waals surface area contributed by atoms with Crippen molar-refractivity contribution in [1.29, 1.82) is 0 Å². The number of rotatable bonds is 7. The molecule has 2 heterocycles. The van der Waals surface area contributed by atoms with Crippen molar-refractivity contribution in [2.24, 2.45) is 0 Å². The zero-order valence-corrected chi connectivity index (χ0v) is 28.5. The van der Waals surface area contributed by atoms with Crippen molar-refractivity contribution in [2.45, 2.75) is 39.7 Å². The molecule has 0 bridgehead atoms. The van der Waals surface area contributed by atoms with Gasteiger partial charge in [0.25, 0.3) is 0 Å². The van der Waals surface area contributed by atoms with Gasteiger partial charge < -0.3 is 39.1 Å². The Bertz CT molecular complexity index is 2200. The lowest BCUT2D eigenvalue weighted by Gasteiger charge is -2.31. The molecule has 0 saturated heterocycles. The molecule has 1 aliphatic heterocycles. The smallest absolute Gasteiger partial charge is 0.348 e. The van der Waals surface area contributed by atoms with Crippen LogP contribution in [0.2, 0.25) is 0 Å². The first-order valence-electron chi connectivity index (χ1n) is 15.7. The van der Waals surface area contributed by atoms with Gasteiger partial charge in [0.2, 0.25) is 0 Å². The molecule has 4 N–H and O–H groups in total. The van der Waals surface area contributed by atoms with Gasteiger partial charge >= 0.3 is 5.63 Å². The van der Waals surface area contributed by atoms with E-state index in [0.29, 0.717) is 40.2 Å². The molecule has 10 nitrogen and oxygen atoms in total. The molecule has 50 heavy (non-hydrogen) atoms. The molecule has 0 fully saturated rings. The normalized spacial score (nSPS) is 12.6. The van der Waals surface area contributed by atoms with Crippen molar-refractivity contribution >= 4 is 22.8 Å². The molecule has 1 aliphatic rings. The van der Waals surface area contributed by atoms with Gasteiger partial charge in [0.1, 0.15) is 56.8 Å². The number of aromatic hydroxyl groups is 4. The number of fused-ring (bicyclic) bond motifs is 3. The first-order valence-corrected chi connectivity index (χ1v) is 15.7. The van der Waals surface area contributed by atoms with Crippen molar-refractivity contribution in [3.8, 4) is 51.4 Å². The van der Waals surface area contributed by atoms with E-state index >= 15 is 0 Å². The van der Waals surface area contributed by atoms with E-state index in [0.717, 1.165) is 11.1 Å². The third-order valence-corrected chi connectivity index (χ3v) is 8.05. The van der Waals surface area contributed by atoms with Gasteiger partial charge in [-0.15, -0.1) is 0 Å². The zero-order chi connectivity index (χ0) is 36.3. The maximum Gasteiger partial charge on any atom is 0.348 e. The van der Waals surface area contributed by atoms with E-state index < -0.39 is 17.0 Å². The zero-order valence-electron chi connectivity index (χ0n) is 28.5. The number of para-hydroxylation sites is 1. The third-order valence-electron chi connectivity index (χ3n) is 8.05. The predicted molar refractivity (Wildman–Crippen MR) is 191 cm³/mol. The van der Waals surface area contributed by atoms with E-state index in [9.17, 15) is 30.0 Å². The molecule has 1 aromatic heterocycles. The predicted octanol–water partition coefficient (Wildman–Crippen LogP) is 7.91. The molecule has 10 heteroatoms. The fourth-order valence-electron chi connectivity index (χ4n) is 5.53. The van der Waals surface area contributed by atoms with E-state index in [1.807, 2.05) is 39.8 Å². The van der Waals surface area contributed by atoms with E-state index in [-0.39, 0.29) is 45.3 Å². The lowest BCUT2D eigenvalue weighted by molar-refractivity contribution is 0.103. The fraction of sp³-hybridized carbons (Fsp3) is 0.200. The van der Waals surface area contributed by atoms with Crippen LogP contribution in [0.1, 0.15) is 54.7 Å². The first-order chi connectivity index (χ1) is 23.8. The summed E-state index contributed by atoms with van der Waals surface area (Å²) in [6.45, 7) is 7.89. The monoisotopic (exact) mass is 678 g/mol. The number of phenols is 3. The second-order valence-electron chi connectivity index (χ2n) is 12.4. The highest BCUT2D eigenvalue weighted by Gasteiger charge is 2.32. The summed E-state index contributed by atoms with van der Waals surface area (Å²) >= 11 is 0. The number of carbonyl (C=O) groups excluding carboxylic acids is 1. The molecule has 0 aliphatic carbocycles. The molecule has 5 aromatic rings. The Morgan fingerprint density at radius 3 is 2.18 bits per heavy atom. The summed E-state index contributed by atoms with van der Waals surface area (Å²) in [7, 11) is 2.99. The van der Waals surface area contributed by atoms with Gasteiger partial charge in [0, 0.05) is 11.6 Å². The number of phenolic OH excluding ortho intramolecular Hbond substituents is 3. The SMILES string of the molecule is COc1c(CC=C(C)C)c2c(c3oc(=O)c(-c4ccc(O)cc4)c(O)c13)C=CC(C)(C)O2.COc1ccc(C(=O)c2ccccc2O)c(O)c1. The van der Waals surface area contributed by atoms with E-state index in [1.54, 1.807) is 30.3 Å². The van der Waals surface area contributed by atoms with Gasteiger partial charge in [0.05, 0.1) is 30.9 Å². The van der Waals surface area contributed by atoms with Crippen LogP contribution in [0.4, 0.5) is 0 Å². The molecule has 0 saturated carbocycles. The molecule has 0 radical (unpaired) electrons. The van der Waals surface area contributed by atoms with Crippen LogP contribution in [0.15, 0.2) is 93.7 Å². The highest BCUT2D eigenvalue weighted by molar-refractivity contribution is 6.12. The lowest BCUT2D eigenvalue weighted by atomic mass is 9.93. The van der Waals surface area contributed by atoms with Gasteiger partial charge in [-0.25, -0.2) is 4.79 Å². The van der Waals surface area contributed by atoms with Gasteiger partial charge in [-0.05, 0) is 88.2 Å². The fourth-order valence-corrected chi connectivity index (χ4v) is 5.53. The second-order valence-corrected chi connectivity index (χ2v) is 12.4. The highest BCUT2D eigenvalue weighted by Crippen LogP contribution is 2.49. The van der Waals surface area contributed by atoms with Gasteiger partial charge in [0.15, 0.2) is 11.4 Å². The van der Waals surface area contributed by atoms with Crippen LogP contribution in [0, 0.1) is 0 Å². The van der Waals surface area contributed by atoms with Crippen LogP contribution in [-0.4, -0.2) is 46.0 Å². The summed E-state index contributed by atoms with van der Waals surface area (Å²) in [5.74, 6) is 0.509. The van der Waals surface area contributed by atoms with Gasteiger partial charge in [-0.2, -0.15) is 0 Å². The van der Waals surface area contributed by atoms with Crippen molar-refractivity contribution in [3.05, 3.63) is 117 Å². The maximum atomic E-state index is 12.9. The number of hydrogen-bond donors (Lipinski definition) is 4. The van der Waals surface area contributed by atoms with Crippen LogP contribution < -0.4 is 19.8 Å². The van der Waals surface area contributed by atoms with Gasteiger partial charge in [-0.3, -0.25) is 4.79 Å². The standard InChI is InChI=1S/C26H26O6.C14H12O4/c1-14(2)6-11-17-22-18(12-13-26(3,4)32-22)24-20(23(17)30-5)21(28)19(25(29)31-24)15-7-9-16(27)10-8-15;1-18-9-6-7-11(13(16)8-9)14(17)10-4-2-3-5-12(10)15/h6-10,12-13,27-28H,11H2,1-5H3;2-8,15-16H,1H3. The number of ketones is 1. The van der Waals surface area contributed by atoms with Gasteiger partial charge in [-0.1, -0.05) is 35.9 Å². The maximum absolute atomic E-state index is 12.9. The Morgan fingerprint density at radius 2 is 1.56 bits per heavy atom. The molecule has 4 aromatic carbocycles. The second kappa shape index (κ2) is 14.1. The topological polar surface area (TPSA) is 156 Å². The van der Waals surface area contributed by atoms with Crippen molar-refractivity contribution in [3.63, 3.8) is 0 Å². The van der Waals surface area contributed by atoms with Crippen molar-refractivity contribution in [1.82, 2.24) is 0 Å². The first kappa shape index (κ1) is 35.2. The number of methoxy groups -OCH3 is 2. The summed E-state index contributed by atoms with van der Waals surface area (Å²) in [6, 6.07) is 16.6. The number of hydrogen-bond acceptors (Lipinski definition) is 10. The average molecular weight is 679 g/mol. The lowest BCUT2D eigenvalue weighted by Crippen LogP contribution is -2.28. The molecular formula is C40H38O10. The minimum Gasteiger partial charge on any atom is -0.508 e. The van der Waals surface area contributed by atoms with E-state index in [4.69, 9.17) is 18.6 Å². The minimum absolute atomic E-state index is 0.00458. The highest BCUT2D eigenvalue weighted by atomic mass is 16.5. The summed E-state index contributed by atoms with van der Waals surface area (Å²) in [4.78, 5) is 25.1. The number of carbonyl (C=O) groups is 1. The van der Waals surface area contributed by atoms with Crippen LogP contribution >= 0.6 is 0 Å². The summed E-state index contributed by atoms with van der Waals surface area (Å²) < 4.78 is 22.7. The number of benzene rings is 4.